The van der Waals surface area contributed by atoms with Gasteiger partial charge in [0.15, 0.2) is 5.44 Å². The topological polar surface area (TPSA) is 49.2 Å². The van der Waals surface area contributed by atoms with Crippen molar-refractivity contribution < 1.29 is 40.6 Å². The molecule has 2 aromatic heterocycles. The number of fused-ring (bicyclic) bond motifs is 1. The van der Waals surface area contributed by atoms with Crippen LogP contribution in [-0.2, 0) is 29.3 Å². The van der Waals surface area contributed by atoms with Crippen molar-refractivity contribution in [2.75, 3.05) is 0 Å². The minimum Gasteiger partial charge on any atom is -0.542 e. The average Bonchev–Trinajstić information content (AvgIpc) is 3.28. The van der Waals surface area contributed by atoms with Crippen LogP contribution in [0.15, 0.2) is 115 Å². The summed E-state index contributed by atoms with van der Waals surface area (Å²) in [6.45, 7) is 2.65. The number of carboxylic acid groups (broad SMARTS) is 1. The van der Waals surface area contributed by atoms with Crippen molar-refractivity contribution in [3.8, 4) is 0 Å². The van der Waals surface area contributed by atoms with Gasteiger partial charge in [-0.15, -0.1) is 0 Å². The van der Waals surface area contributed by atoms with Crippen LogP contribution in [-0.4, -0.2) is 16.7 Å². The first kappa shape index (κ1) is 32.7. The summed E-state index contributed by atoms with van der Waals surface area (Å²) in [5.74, 6) is -3.01. The molecular formula is C32H25F6N2O2PS. The van der Waals surface area contributed by atoms with E-state index in [9.17, 15) is 26.3 Å². The van der Waals surface area contributed by atoms with Crippen LogP contribution in [0.3, 0.4) is 0 Å². The maximum Gasteiger partial charge on any atom is 0.430 e. The Hall–Kier alpha value is -4.21. The van der Waals surface area contributed by atoms with E-state index in [1.165, 1.54) is 12.1 Å². The summed E-state index contributed by atoms with van der Waals surface area (Å²) in [6.07, 6.45) is -3.65. The highest BCUT2D eigenvalue weighted by Gasteiger charge is 2.36. The zero-order chi connectivity index (χ0) is 32.1. The van der Waals surface area contributed by atoms with Crippen molar-refractivity contribution in [1.29, 1.82) is 0 Å². The highest BCUT2D eigenvalue weighted by atomic mass is 32.4. The molecule has 0 spiro atoms. The molecule has 0 amide bonds. The van der Waals surface area contributed by atoms with Crippen molar-refractivity contribution in [3.63, 3.8) is 0 Å². The van der Waals surface area contributed by atoms with Crippen LogP contribution in [0.1, 0.15) is 16.8 Å². The van der Waals surface area contributed by atoms with E-state index in [0.717, 1.165) is 39.5 Å². The van der Waals surface area contributed by atoms with Crippen LogP contribution in [0.4, 0.5) is 26.3 Å². The van der Waals surface area contributed by atoms with E-state index >= 15 is 0 Å². The van der Waals surface area contributed by atoms with Gasteiger partial charge >= 0.3 is 12.4 Å². The minimum atomic E-state index is -5.19. The van der Waals surface area contributed by atoms with Crippen LogP contribution in [0, 0.1) is 6.92 Å². The Morgan fingerprint density at radius 1 is 0.841 bits per heavy atom. The molecule has 0 N–H and O–H groups in total. The predicted molar refractivity (Wildman–Crippen MR) is 160 cm³/mol. The second-order valence-electron chi connectivity index (χ2n) is 9.54. The van der Waals surface area contributed by atoms with Crippen molar-refractivity contribution in [2.24, 2.45) is 0 Å². The average molecular weight is 647 g/mol. The highest BCUT2D eigenvalue weighted by molar-refractivity contribution is 8.25. The number of benzene rings is 3. The van der Waals surface area contributed by atoms with E-state index in [-0.39, 0.29) is 0 Å². The van der Waals surface area contributed by atoms with Crippen molar-refractivity contribution in [3.05, 3.63) is 132 Å². The van der Waals surface area contributed by atoms with Gasteiger partial charge in [-0.2, -0.15) is 30.7 Å². The van der Waals surface area contributed by atoms with Crippen LogP contribution < -0.4 is 25.6 Å². The summed E-state index contributed by atoms with van der Waals surface area (Å²) in [7, 11) is 0. The van der Waals surface area contributed by atoms with Crippen molar-refractivity contribution in [2.45, 2.75) is 25.8 Å². The molecule has 0 aliphatic heterocycles. The first-order chi connectivity index (χ1) is 20.7. The Bertz CT molecular complexity index is 1770. The van der Waals surface area contributed by atoms with E-state index in [4.69, 9.17) is 21.7 Å². The van der Waals surface area contributed by atoms with Crippen LogP contribution in [0.5, 0.6) is 0 Å². The summed E-state index contributed by atoms with van der Waals surface area (Å²) in [4.78, 5) is 8.78. The van der Waals surface area contributed by atoms with Gasteiger partial charge < -0.3 is 9.90 Å². The van der Waals surface area contributed by atoms with Gasteiger partial charge in [0.1, 0.15) is 18.2 Å². The number of nitrogens with zero attached hydrogens (tertiary/aromatic N) is 2. The van der Waals surface area contributed by atoms with E-state index in [2.05, 4.69) is 52.4 Å². The quantitative estimate of drug-likeness (QED) is 0.143. The predicted octanol–water partition coefficient (Wildman–Crippen LogP) is 5.32. The molecular weight excluding hydrogens is 621 g/mol. The monoisotopic (exact) mass is 646 g/mol. The second-order valence-corrected chi connectivity index (χ2v) is 13.9. The molecule has 228 valence electrons. The fourth-order valence-corrected chi connectivity index (χ4v) is 9.07. The number of hydrogen-bond acceptors (Lipinski definition) is 3. The van der Waals surface area contributed by atoms with Gasteiger partial charge in [-0.25, -0.2) is 4.57 Å². The molecule has 0 saturated heterocycles. The Labute approximate surface area is 254 Å². The lowest BCUT2D eigenvalue weighted by atomic mass is 10.1. The third-order valence-electron chi connectivity index (χ3n) is 6.68. The first-order valence-electron chi connectivity index (χ1n) is 13.1. The summed E-state index contributed by atoms with van der Waals surface area (Å²) in [5.41, 5.74) is 3.24. The van der Waals surface area contributed by atoms with Crippen molar-refractivity contribution >= 4 is 51.6 Å². The maximum atomic E-state index is 12.9. The number of carboxylic acids is 1. The molecule has 0 bridgehead atoms. The minimum absolute atomic E-state index is 0.555. The summed E-state index contributed by atoms with van der Waals surface area (Å²) >= 11 is 6.63. The van der Waals surface area contributed by atoms with Gasteiger partial charge in [-0.3, -0.25) is 0 Å². The van der Waals surface area contributed by atoms with Crippen LogP contribution >= 0.6 is 6.04 Å². The van der Waals surface area contributed by atoms with Gasteiger partial charge in [0.05, 0.1) is 17.8 Å². The Morgan fingerprint density at radius 2 is 1.34 bits per heavy atom. The SMILES string of the molecule is Cc1c(P(=S)(c2ccccc2)c2ccccc2)[n+]2ccccc2n1C/C=C/c1ccc(C(F)(F)F)cc1.O=C([O-])C(F)(F)F. The molecule has 0 fully saturated rings. The molecule has 44 heavy (non-hydrogen) atoms. The molecule has 12 heteroatoms. The molecule has 0 unspecified atom stereocenters. The molecule has 2 heterocycles. The maximum absolute atomic E-state index is 12.9. The fraction of sp³-hybridized carbons (Fsp3) is 0.125. The zero-order valence-electron chi connectivity index (χ0n) is 23.1. The number of aliphatic carboxylic acids is 1. The van der Waals surface area contributed by atoms with Gasteiger partial charge in [-0.05, 0) is 40.4 Å². The molecule has 0 aliphatic carbocycles. The number of rotatable bonds is 6. The molecule has 3 aromatic carbocycles. The van der Waals surface area contributed by atoms with Gasteiger partial charge in [0, 0.05) is 13.0 Å². The number of aromatic nitrogens is 2. The number of halogens is 6. The summed E-state index contributed by atoms with van der Waals surface area (Å²) in [5, 5.41) is 11.0. The Morgan fingerprint density at radius 3 is 1.82 bits per heavy atom. The van der Waals surface area contributed by atoms with E-state index in [1.807, 2.05) is 60.7 Å². The largest absolute Gasteiger partial charge is 0.542 e. The Balaban J connectivity index is 0.000000566. The molecule has 0 atom stereocenters. The number of pyridine rings is 1. The zero-order valence-corrected chi connectivity index (χ0v) is 24.8. The van der Waals surface area contributed by atoms with Crippen LogP contribution in [0.2, 0.25) is 0 Å². The fourth-order valence-electron chi connectivity index (χ4n) is 4.66. The van der Waals surface area contributed by atoms with E-state index < -0.39 is 29.9 Å². The van der Waals surface area contributed by atoms with Crippen LogP contribution in [0.25, 0.3) is 11.7 Å². The number of imidazole rings is 1. The normalized spacial score (nSPS) is 12.2. The number of carbonyl (C=O) groups excluding carboxylic acids is 1. The number of carbonyl (C=O) groups is 1. The molecule has 5 aromatic rings. The summed E-state index contributed by atoms with van der Waals surface area (Å²) in [6, 6.07) is 29.5. The molecule has 5 rings (SSSR count). The van der Waals surface area contributed by atoms with Crippen molar-refractivity contribution in [1.82, 2.24) is 4.57 Å². The third-order valence-corrected chi connectivity index (χ3v) is 11.6. The van der Waals surface area contributed by atoms with Gasteiger partial charge in [0.2, 0.25) is 0 Å². The highest BCUT2D eigenvalue weighted by Crippen LogP contribution is 2.43. The van der Waals surface area contributed by atoms with Gasteiger partial charge in [-0.1, -0.05) is 96.7 Å². The smallest absolute Gasteiger partial charge is 0.430 e. The molecule has 0 radical (unpaired) electrons. The lowest BCUT2D eigenvalue weighted by Gasteiger charge is -2.21. The van der Waals surface area contributed by atoms with E-state index in [0.29, 0.717) is 12.1 Å². The molecule has 0 aliphatic rings. The lowest BCUT2D eigenvalue weighted by molar-refractivity contribution is -0.490. The first-order valence-corrected chi connectivity index (χ1v) is 15.9. The Kier molecular flexibility index (Phi) is 9.81. The lowest BCUT2D eigenvalue weighted by Crippen LogP contribution is -2.42. The van der Waals surface area contributed by atoms with E-state index in [1.54, 1.807) is 0 Å². The number of hydrogen-bond donors (Lipinski definition) is 0. The number of allylic oxidation sites excluding steroid dienone is 1. The van der Waals surface area contributed by atoms with Gasteiger partial charge in [0.25, 0.3) is 5.65 Å². The standard InChI is InChI=1S/C30H25F3N2PS.C2HF3O2/c1-23-29(36(37,26-12-4-2-5-13-26)27-14-6-3-7-15-27)35-21-9-8-16-28(35)34(23)22-10-11-24-17-19-25(20-18-24)30(31,32)33;3-2(4,5)1(6)7/h2-21H,22H2,1H3;(H,6,7)/q+1;/p-1/b11-10+;. The second kappa shape index (κ2) is 13.2. The summed E-state index contributed by atoms with van der Waals surface area (Å²) < 4.78 is 74.7. The molecule has 0 saturated carbocycles. The molecule has 4 nitrogen and oxygen atoms in total. The third kappa shape index (κ3) is 7.11. The number of alkyl halides is 6.